The maximum absolute atomic E-state index is 11.3. The first-order valence-electron chi connectivity index (χ1n) is 4.53. The topological polar surface area (TPSA) is 50.1 Å². The van der Waals surface area contributed by atoms with Crippen LogP contribution in [0.25, 0.3) is 0 Å². The van der Waals surface area contributed by atoms with Crippen LogP contribution in [0.15, 0.2) is 0 Å². The van der Waals surface area contributed by atoms with Crippen LogP contribution < -0.4 is 0 Å². The van der Waals surface area contributed by atoms with Gasteiger partial charge in [-0.1, -0.05) is 13.3 Å². The molecular weight excluding hydrogens is 166 g/mol. The summed E-state index contributed by atoms with van der Waals surface area (Å²) in [6, 6.07) is 1.95. The Kier molecular flexibility index (Phi) is 4.47. The number of rotatable bonds is 3. The average Bonchev–Trinajstić information content (AvgIpc) is 1.96. The van der Waals surface area contributed by atoms with Gasteiger partial charge >= 0.3 is 5.97 Å². The van der Waals surface area contributed by atoms with Crippen molar-refractivity contribution in [2.45, 2.75) is 46.1 Å². The van der Waals surface area contributed by atoms with E-state index >= 15 is 0 Å². The van der Waals surface area contributed by atoms with Crippen LogP contribution >= 0.6 is 0 Å². The predicted octanol–water partition coefficient (Wildman–Crippen LogP) is 2.27. The summed E-state index contributed by atoms with van der Waals surface area (Å²) in [4.78, 5) is 11.3. The third-order valence-electron chi connectivity index (χ3n) is 1.42. The van der Waals surface area contributed by atoms with E-state index in [1.54, 1.807) is 20.8 Å². The van der Waals surface area contributed by atoms with Crippen LogP contribution in [0.4, 0.5) is 0 Å². The Morgan fingerprint density at radius 2 is 2.08 bits per heavy atom. The van der Waals surface area contributed by atoms with Gasteiger partial charge in [-0.05, 0) is 27.2 Å². The summed E-state index contributed by atoms with van der Waals surface area (Å²) in [6.45, 7) is 7.33. The van der Waals surface area contributed by atoms with Gasteiger partial charge in [0.15, 0.2) is 0 Å². The highest BCUT2D eigenvalue weighted by molar-refractivity contribution is 5.75. The number of hydrogen-bond acceptors (Lipinski definition) is 3. The fourth-order valence-corrected chi connectivity index (χ4v) is 0.897. The van der Waals surface area contributed by atoms with Crippen LogP contribution in [0.3, 0.4) is 0 Å². The molecule has 0 bridgehead atoms. The van der Waals surface area contributed by atoms with Crippen molar-refractivity contribution in [2.24, 2.45) is 5.92 Å². The SMILES string of the molecule is CCC[C@H](C#N)C(=O)OC(C)(C)C. The third kappa shape index (κ3) is 5.24. The molecule has 0 fully saturated rings. The van der Waals surface area contributed by atoms with E-state index in [2.05, 4.69) is 0 Å². The van der Waals surface area contributed by atoms with E-state index in [9.17, 15) is 4.79 Å². The lowest BCUT2D eigenvalue weighted by Crippen LogP contribution is -2.28. The minimum atomic E-state index is -0.607. The Morgan fingerprint density at radius 1 is 1.54 bits per heavy atom. The van der Waals surface area contributed by atoms with E-state index in [1.807, 2.05) is 13.0 Å². The van der Waals surface area contributed by atoms with Gasteiger partial charge in [-0.15, -0.1) is 0 Å². The number of ether oxygens (including phenoxy) is 1. The lowest BCUT2D eigenvalue weighted by molar-refractivity contribution is -0.158. The molecule has 0 spiro atoms. The van der Waals surface area contributed by atoms with Gasteiger partial charge in [0, 0.05) is 0 Å². The van der Waals surface area contributed by atoms with E-state index in [0.717, 1.165) is 6.42 Å². The zero-order valence-corrected chi connectivity index (χ0v) is 8.76. The number of esters is 1. The second-order valence-corrected chi connectivity index (χ2v) is 4.00. The number of nitrogens with zero attached hydrogens (tertiary/aromatic N) is 1. The molecule has 0 aromatic rings. The molecule has 1 atom stereocenters. The van der Waals surface area contributed by atoms with Crippen molar-refractivity contribution in [3.63, 3.8) is 0 Å². The van der Waals surface area contributed by atoms with Crippen LogP contribution in [-0.4, -0.2) is 11.6 Å². The summed E-state index contributed by atoms with van der Waals surface area (Å²) in [5.74, 6) is -1.01. The normalized spacial score (nSPS) is 13.2. The summed E-state index contributed by atoms with van der Waals surface area (Å²) in [5, 5.41) is 8.67. The molecule has 0 aromatic heterocycles. The number of nitriles is 1. The second-order valence-electron chi connectivity index (χ2n) is 4.00. The molecule has 0 aliphatic heterocycles. The predicted molar refractivity (Wildman–Crippen MR) is 49.9 cm³/mol. The van der Waals surface area contributed by atoms with Crippen molar-refractivity contribution < 1.29 is 9.53 Å². The molecule has 0 saturated carbocycles. The van der Waals surface area contributed by atoms with Gasteiger partial charge in [-0.25, -0.2) is 0 Å². The quantitative estimate of drug-likeness (QED) is 0.630. The molecule has 0 N–H and O–H groups in total. The average molecular weight is 183 g/mol. The first kappa shape index (κ1) is 12.0. The molecule has 0 aliphatic carbocycles. The molecule has 3 heteroatoms. The molecule has 0 saturated heterocycles. The maximum atomic E-state index is 11.3. The van der Waals surface area contributed by atoms with E-state index in [4.69, 9.17) is 10.00 Å². The molecule has 0 aliphatic rings. The van der Waals surface area contributed by atoms with Crippen LogP contribution in [0.1, 0.15) is 40.5 Å². The fraction of sp³-hybridized carbons (Fsp3) is 0.800. The van der Waals surface area contributed by atoms with Gasteiger partial charge in [-0.3, -0.25) is 4.79 Å². The number of hydrogen-bond donors (Lipinski definition) is 0. The Bertz CT molecular complexity index is 210. The zero-order chi connectivity index (χ0) is 10.5. The Balaban J connectivity index is 4.17. The van der Waals surface area contributed by atoms with Gasteiger partial charge in [0.2, 0.25) is 0 Å². The van der Waals surface area contributed by atoms with Gasteiger partial charge in [-0.2, -0.15) is 5.26 Å². The van der Waals surface area contributed by atoms with Gasteiger partial charge < -0.3 is 4.74 Å². The zero-order valence-electron chi connectivity index (χ0n) is 8.76. The Hall–Kier alpha value is -1.04. The molecule has 74 valence electrons. The molecule has 13 heavy (non-hydrogen) atoms. The minimum absolute atomic E-state index is 0.406. The summed E-state index contributed by atoms with van der Waals surface area (Å²) in [7, 11) is 0. The highest BCUT2D eigenvalue weighted by Crippen LogP contribution is 2.14. The second kappa shape index (κ2) is 4.86. The lowest BCUT2D eigenvalue weighted by atomic mass is 10.1. The van der Waals surface area contributed by atoms with Crippen molar-refractivity contribution in [2.75, 3.05) is 0 Å². The standard InChI is InChI=1S/C10H17NO2/c1-5-6-8(7-11)9(12)13-10(2,3)4/h8H,5-6H2,1-4H3/t8-/m1/s1. The molecule has 0 heterocycles. The molecule has 0 amide bonds. The summed E-state index contributed by atoms with van der Waals surface area (Å²) >= 11 is 0. The fourth-order valence-electron chi connectivity index (χ4n) is 0.897. The first-order chi connectivity index (χ1) is 5.90. The Labute approximate surface area is 79.7 Å². The van der Waals surface area contributed by atoms with Crippen molar-refractivity contribution in [1.82, 2.24) is 0 Å². The third-order valence-corrected chi connectivity index (χ3v) is 1.42. The highest BCUT2D eigenvalue weighted by Gasteiger charge is 2.23. The van der Waals surface area contributed by atoms with Crippen molar-refractivity contribution in [1.29, 1.82) is 5.26 Å². The molecule has 0 unspecified atom stereocenters. The van der Waals surface area contributed by atoms with Crippen LogP contribution in [0, 0.1) is 17.2 Å². The van der Waals surface area contributed by atoms with Crippen LogP contribution in [-0.2, 0) is 9.53 Å². The Morgan fingerprint density at radius 3 is 2.38 bits per heavy atom. The first-order valence-corrected chi connectivity index (χ1v) is 4.53. The van der Waals surface area contributed by atoms with Crippen LogP contribution in [0.2, 0.25) is 0 Å². The van der Waals surface area contributed by atoms with Gasteiger partial charge in [0.05, 0.1) is 6.07 Å². The van der Waals surface area contributed by atoms with Crippen molar-refractivity contribution in [3.8, 4) is 6.07 Å². The highest BCUT2D eigenvalue weighted by atomic mass is 16.6. The molecule has 3 nitrogen and oxygen atoms in total. The van der Waals surface area contributed by atoms with E-state index in [0.29, 0.717) is 6.42 Å². The largest absolute Gasteiger partial charge is 0.459 e. The molecule has 0 radical (unpaired) electrons. The number of carbonyl (C=O) groups is 1. The maximum Gasteiger partial charge on any atom is 0.323 e. The summed E-state index contributed by atoms with van der Waals surface area (Å²) in [5.41, 5.74) is -0.500. The smallest absolute Gasteiger partial charge is 0.323 e. The van der Waals surface area contributed by atoms with Crippen molar-refractivity contribution in [3.05, 3.63) is 0 Å². The van der Waals surface area contributed by atoms with Crippen LogP contribution in [0.5, 0.6) is 0 Å². The molecule has 0 aromatic carbocycles. The summed E-state index contributed by atoms with van der Waals surface area (Å²) in [6.07, 6.45) is 1.39. The lowest BCUT2D eigenvalue weighted by Gasteiger charge is -2.21. The van der Waals surface area contributed by atoms with Gasteiger partial charge in [0.1, 0.15) is 11.5 Å². The minimum Gasteiger partial charge on any atom is -0.459 e. The molecular formula is C10H17NO2. The molecule has 0 rings (SSSR count). The van der Waals surface area contributed by atoms with Gasteiger partial charge in [0.25, 0.3) is 0 Å². The number of carbonyl (C=O) groups excluding carboxylic acids is 1. The van der Waals surface area contributed by atoms with Crippen molar-refractivity contribution >= 4 is 5.97 Å². The monoisotopic (exact) mass is 183 g/mol. The summed E-state index contributed by atoms with van der Waals surface area (Å²) < 4.78 is 5.08. The van der Waals surface area contributed by atoms with E-state index < -0.39 is 17.5 Å². The van der Waals surface area contributed by atoms with E-state index in [1.165, 1.54) is 0 Å². The van der Waals surface area contributed by atoms with E-state index in [-0.39, 0.29) is 0 Å².